The van der Waals surface area contributed by atoms with Gasteiger partial charge < -0.3 is 24.5 Å². The van der Waals surface area contributed by atoms with Gasteiger partial charge in [0.1, 0.15) is 5.60 Å². The lowest BCUT2D eigenvalue weighted by Crippen LogP contribution is -2.43. The Balaban J connectivity index is 2.72. The van der Waals surface area contributed by atoms with Crippen LogP contribution in [0.15, 0.2) is 24.3 Å². The van der Waals surface area contributed by atoms with Crippen LogP contribution in [0.1, 0.15) is 52.9 Å². The van der Waals surface area contributed by atoms with Crippen molar-refractivity contribution in [3.05, 3.63) is 44.5 Å². The minimum absolute atomic E-state index is 0.0686. The number of amides is 2. The Morgan fingerprint density at radius 1 is 1.05 bits per heavy atom. The number of alkyl carbamates (subject to hydrolysis) is 1. The molecule has 0 heterocycles. The van der Waals surface area contributed by atoms with Crippen LogP contribution in [0.3, 0.4) is 0 Å². The summed E-state index contributed by atoms with van der Waals surface area (Å²) in [4.78, 5) is 66.3. The van der Waals surface area contributed by atoms with Crippen molar-refractivity contribution in [2.45, 2.75) is 64.5 Å². The average Bonchev–Trinajstić information content (AvgIpc) is 2.81. The summed E-state index contributed by atoms with van der Waals surface area (Å²) in [6.07, 6.45) is 1.22. The summed E-state index contributed by atoms with van der Waals surface area (Å²) in [6.45, 7) is 5.24. The zero-order valence-electron chi connectivity index (χ0n) is 21.0. The van der Waals surface area contributed by atoms with E-state index >= 15 is 0 Å². The van der Waals surface area contributed by atoms with Gasteiger partial charge in [0.2, 0.25) is 6.41 Å². The third-order valence-electron chi connectivity index (χ3n) is 4.49. The maximum Gasteiger partial charge on any atom is 0.407 e. The average molecular weight is 529 g/mol. The highest BCUT2D eigenvalue weighted by atomic mass is 16.9. The molecule has 0 saturated carbocycles. The second kappa shape index (κ2) is 15.7. The number of carbonyl (C=O) groups is 3. The number of nitro groups is 1. The normalized spacial score (nSPS) is 11.5. The summed E-state index contributed by atoms with van der Waals surface area (Å²) >= 11 is 0. The first-order valence-electron chi connectivity index (χ1n) is 11.5. The Morgan fingerprint density at radius 3 is 2.27 bits per heavy atom. The number of unbranched alkanes of at least 4 members (excludes halogenated alkanes) is 2. The monoisotopic (exact) mass is 528 g/mol. The summed E-state index contributed by atoms with van der Waals surface area (Å²) < 4.78 is 10.4. The van der Waals surface area contributed by atoms with Crippen LogP contribution in [0.4, 0.5) is 10.5 Å². The maximum atomic E-state index is 12.7. The van der Waals surface area contributed by atoms with Gasteiger partial charge in [-0.05, 0) is 65.0 Å². The molecule has 0 spiro atoms. The van der Waals surface area contributed by atoms with Crippen molar-refractivity contribution in [2.24, 2.45) is 0 Å². The van der Waals surface area contributed by atoms with Gasteiger partial charge in [-0.3, -0.25) is 14.9 Å². The van der Waals surface area contributed by atoms with E-state index in [1.165, 1.54) is 24.3 Å². The third kappa shape index (κ3) is 13.5. The molecule has 0 saturated heterocycles. The van der Waals surface area contributed by atoms with E-state index in [9.17, 15) is 34.6 Å². The maximum absolute atomic E-state index is 12.7. The number of nitro benzene ring substituents is 1. The van der Waals surface area contributed by atoms with Crippen LogP contribution in [-0.2, 0) is 23.9 Å². The van der Waals surface area contributed by atoms with Crippen LogP contribution in [-0.4, -0.2) is 64.9 Å². The molecule has 1 rings (SSSR count). The minimum Gasteiger partial charge on any atom is -0.464 e. The van der Waals surface area contributed by atoms with Gasteiger partial charge in [-0.2, -0.15) is 5.06 Å². The molecule has 0 radical (unpaired) electrons. The van der Waals surface area contributed by atoms with E-state index in [0.29, 0.717) is 12.8 Å². The van der Waals surface area contributed by atoms with Crippen molar-refractivity contribution in [1.29, 1.82) is 0 Å². The Bertz CT molecular complexity index is 903. The first-order valence-corrected chi connectivity index (χ1v) is 11.5. The fourth-order valence-corrected chi connectivity index (χ4v) is 2.84. The molecular formula is C22H32N4O11. The molecule has 0 fully saturated rings. The molecule has 206 valence electrons. The Kier molecular flexibility index (Phi) is 13.1. The number of hydroxylamine groups is 2. The molecule has 0 aliphatic rings. The highest BCUT2D eigenvalue weighted by molar-refractivity contribution is 5.78. The van der Waals surface area contributed by atoms with Gasteiger partial charge in [0.25, 0.3) is 10.8 Å². The standard InChI is InChI=1S/C22H32N4O11/c1-22(2,3)36-21(29)23-13-5-4-8-19(20(28)34-14-6-7-15-35-26(32)33)24(16-27)37-18-11-9-17(10-12-18)25(30)31/h9-12,16,19H,4-8,13-15H2,1-3H3,(H,23,29)/t19-/m0/s1. The van der Waals surface area contributed by atoms with E-state index in [4.69, 9.17) is 14.3 Å². The molecule has 2 amide bonds. The minimum atomic E-state index is -1.16. The van der Waals surface area contributed by atoms with Gasteiger partial charge in [0, 0.05) is 18.7 Å². The number of non-ortho nitro benzene ring substituents is 1. The lowest BCUT2D eigenvalue weighted by molar-refractivity contribution is -0.757. The van der Waals surface area contributed by atoms with Gasteiger partial charge in [0.05, 0.1) is 18.1 Å². The number of nitrogens with one attached hydrogen (secondary N) is 1. The van der Waals surface area contributed by atoms with Gasteiger partial charge >= 0.3 is 12.1 Å². The quantitative estimate of drug-likeness (QED) is 0.103. The molecule has 0 aliphatic heterocycles. The van der Waals surface area contributed by atoms with E-state index in [2.05, 4.69) is 10.2 Å². The molecule has 0 aromatic heterocycles. The van der Waals surface area contributed by atoms with Crippen LogP contribution in [0.2, 0.25) is 0 Å². The zero-order valence-corrected chi connectivity index (χ0v) is 21.0. The molecule has 0 bridgehead atoms. The van der Waals surface area contributed by atoms with Crippen molar-refractivity contribution >= 4 is 24.2 Å². The largest absolute Gasteiger partial charge is 0.464 e. The van der Waals surface area contributed by atoms with E-state index < -0.39 is 33.7 Å². The number of nitrogens with zero attached hydrogens (tertiary/aromatic N) is 3. The molecule has 1 aromatic carbocycles. The molecule has 37 heavy (non-hydrogen) atoms. The van der Waals surface area contributed by atoms with Crippen LogP contribution in [0, 0.1) is 20.2 Å². The first-order chi connectivity index (χ1) is 17.4. The van der Waals surface area contributed by atoms with Gasteiger partial charge in [0.15, 0.2) is 11.8 Å². The van der Waals surface area contributed by atoms with Gasteiger partial charge in [-0.15, -0.1) is 10.1 Å². The summed E-state index contributed by atoms with van der Waals surface area (Å²) in [5.74, 6) is -0.691. The Labute approximate surface area is 213 Å². The zero-order chi connectivity index (χ0) is 27.8. The fourth-order valence-electron chi connectivity index (χ4n) is 2.84. The number of rotatable bonds is 17. The Hall–Kier alpha value is -4.17. The summed E-state index contributed by atoms with van der Waals surface area (Å²) in [7, 11) is 0. The van der Waals surface area contributed by atoms with Crippen molar-refractivity contribution < 1.29 is 43.5 Å². The lowest BCUT2D eigenvalue weighted by Gasteiger charge is -2.26. The molecule has 1 atom stereocenters. The first kappa shape index (κ1) is 30.9. The predicted molar refractivity (Wildman–Crippen MR) is 127 cm³/mol. The number of ether oxygens (including phenoxy) is 2. The molecular weight excluding hydrogens is 496 g/mol. The van der Waals surface area contributed by atoms with Crippen LogP contribution in [0.5, 0.6) is 5.75 Å². The second-order valence-electron chi connectivity index (χ2n) is 8.68. The summed E-state index contributed by atoms with van der Waals surface area (Å²) in [6, 6.07) is 3.75. The molecule has 0 unspecified atom stereocenters. The lowest BCUT2D eigenvalue weighted by atomic mass is 10.1. The van der Waals surface area contributed by atoms with Crippen molar-refractivity contribution in [3.63, 3.8) is 0 Å². The van der Waals surface area contributed by atoms with E-state index in [1.54, 1.807) is 20.8 Å². The SMILES string of the molecule is CC(C)(C)OC(=O)NCCCC[C@@H](C(=O)OCCCCO[N+](=O)[O-])N(C=O)Oc1ccc([N+](=O)[O-])cc1. The van der Waals surface area contributed by atoms with E-state index in [0.717, 1.165) is 5.06 Å². The molecule has 15 nitrogen and oxygen atoms in total. The molecule has 1 N–H and O–H groups in total. The van der Waals surface area contributed by atoms with Crippen molar-refractivity contribution in [2.75, 3.05) is 19.8 Å². The summed E-state index contributed by atoms with van der Waals surface area (Å²) in [5.41, 5.74) is -0.826. The number of hydrogen-bond donors (Lipinski definition) is 1. The highest BCUT2D eigenvalue weighted by Crippen LogP contribution is 2.20. The topological polar surface area (TPSA) is 190 Å². The summed E-state index contributed by atoms with van der Waals surface area (Å²) in [5, 5.41) is 23.4. The second-order valence-corrected chi connectivity index (χ2v) is 8.68. The highest BCUT2D eigenvalue weighted by Gasteiger charge is 2.28. The number of hydrogen-bond acceptors (Lipinski definition) is 11. The Morgan fingerprint density at radius 2 is 1.70 bits per heavy atom. The predicted octanol–water partition coefficient (Wildman–Crippen LogP) is 2.94. The number of esters is 1. The van der Waals surface area contributed by atoms with Gasteiger partial charge in [-0.25, -0.2) is 9.59 Å². The van der Waals surface area contributed by atoms with Gasteiger partial charge in [-0.1, -0.05) is 0 Å². The van der Waals surface area contributed by atoms with Crippen molar-refractivity contribution in [1.82, 2.24) is 10.4 Å². The smallest absolute Gasteiger partial charge is 0.407 e. The number of carbonyl (C=O) groups excluding carboxylic acids is 3. The third-order valence-corrected chi connectivity index (χ3v) is 4.49. The van der Waals surface area contributed by atoms with Crippen LogP contribution >= 0.6 is 0 Å². The molecule has 0 aliphatic carbocycles. The van der Waals surface area contributed by atoms with E-state index in [-0.39, 0.29) is 56.9 Å². The molecule has 15 heteroatoms. The number of benzene rings is 1. The van der Waals surface area contributed by atoms with Crippen molar-refractivity contribution in [3.8, 4) is 5.75 Å². The van der Waals surface area contributed by atoms with Crippen LogP contribution in [0.25, 0.3) is 0 Å². The fraction of sp³-hybridized carbons (Fsp3) is 0.591. The van der Waals surface area contributed by atoms with E-state index in [1.807, 2.05) is 0 Å². The molecule has 1 aromatic rings. The van der Waals surface area contributed by atoms with Crippen LogP contribution < -0.4 is 10.2 Å².